The number of carbonyl (C=O) groups excluding carboxylic acids is 3. The van der Waals surface area contributed by atoms with Crippen LogP contribution in [0, 0.1) is 0 Å². The molecule has 1 unspecified atom stereocenters. The Hall–Kier alpha value is -2.62. The number of hydrogen-bond donors (Lipinski definition) is 3. The van der Waals surface area contributed by atoms with E-state index < -0.39 is 42.4 Å². The van der Waals surface area contributed by atoms with Crippen molar-refractivity contribution in [1.29, 1.82) is 0 Å². The molecule has 0 spiro atoms. The fourth-order valence-corrected chi connectivity index (χ4v) is 1.55. The first-order valence-corrected chi connectivity index (χ1v) is 6.19. The number of benzene rings is 1. The molecule has 126 valence electrons. The average molecular weight is 334 g/mol. The first kappa shape index (κ1) is 18.4. The molecule has 23 heavy (non-hydrogen) atoms. The zero-order valence-corrected chi connectivity index (χ0v) is 11.8. The van der Waals surface area contributed by atoms with Gasteiger partial charge in [0.1, 0.15) is 12.4 Å². The molecule has 1 atom stereocenters. The van der Waals surface area contributed by atoms with Crippen molar-refractivity contribution >= 4 is 17.6 Å². The number of nitrogens with one attached hydrogen (secondary N) is 2. The van der Waals surface area contributed by atoms with Crippen LogP contribution >= 0.6 is 0 Å². The molecular formula is C13H13F3N2O5. The number of halogens is 3. The SMILES string of the molecule is CNC(=O)C(NC(=O)c1ccc(OC(F)(F)F)cc1)C(=O)CO. The molecule has 1 aromatic carbocycles. The molecule has 1 rings (SSSR count). The van der Waals surface area contributed by atoms with Gasteiger partial charge in [-0.2, -0.15) is 0 Å². The van der Waals surface area contributed by atoms with Crippen molar-refractivity contribution < 1.29 is 37.4 Å². The van der Waals surface area contributed by atoms with Gasteiger partial charge < -0.3 is 20.5 Å². The van der Waals surface area contributed by atoms with Crippen LogP contribution in [0.25, 0.3) is 0 Å². The Balaban J connectivity index is 2.84. The predicted molar refractivity (Wildman–Crippen MR) is 70.5 cm³/mol. The highest BCUT2D eigenvalue weighted by Crippen LogP contribution is 2.22. The second-order valence-electron chi connectivity index (χ2n) is 4.22. The number of rotatable bonds is 6. The summed E-state index contributed by atoms with van der Waals surface area (Å²) in [5.41, 5.74) is -0.0980. The number of aliphatic hydroxyl groups is 1. The molecule has 0 heterocycles. The summed E-state index contributed by atoms with van der Waals surface area (Å²) in [7, 11) is 1.23. The van der Waals surface area contributed by atoms with E-state index in [0.717, 1.165) is 24.3 Å². The van der Waals surface area contributed by atoms with Gasteiger partial charge >= 0.3 is 6.36 Å². The van der Waals surface area contributed by atoms with Crippen molar-refractivity contribution in [2.24, 2.45) is 0 Å². The molecule has 0 bridgehead atoms. The summed E-state index contributed by atoms with van der Waals surface area (Å²) in [6, 6.07) is 2.27. The molecule has 1 aromatic rings. The van der Waals surface area contributed by atoms with Gasteiger partial charge in [-0.25, -0.2) is 0 Å². The number of hydrogen-bond acceptors (Lipinski definition) is 5. The summed E-state index contributed by atoms with van der Waals surface area (Å²) in [4.78, 5) is 34.8. The minimum absolute atomic E-state index is 0.0980. The van der Waals surface area contributed by atoms with E-state index in [1.807, 2.05) is 0 Å². The van der Waals surface area contributed by atoms with Crippen LogP contribution in [0.1, 0.15) is 10.4 Å². The maximum Gasteiger partial charge on any atom is 0.573 e. The Kier molecular flexibility index (Phi) is 6.08. The molecule has 0 radical (unpaired) electrons. The van der Waals surface area contributed by atoms with E-state index in [1.165, 1.54) is 7.05 Å². The van der Waals surface area contributed by atoms with E-state index in [2.05, 4.69) is 15.4 Å². The number of aliphatic hydroxyl groups excluding tert-OH is 1. The monoisotopic (exact) mass is 334 g/mol. The van der Waals surface area contributed by atoms with Gasteiger partial charge in [-0.15, -0.1) is 13.2 Å². The van der Waals surface area contributed by atoms with Crippen LogP contribution in [-0.4, -0.2) is 48.8 Å². The molecule has 0 aliphatic heterocycles. The van der Waals surface area contributed by atoms with Crippen molar-refractivity contribution in [1.82, 2.24) is 10.6 Å². The Morgan fingerprint density at radius 2 is 1.78 bits per heavy atom. The van der Waals surface area contributed by atoms with Gasteiger partial charge in [-0.05, 0) is 24.3 Å². The Morgan fingerprint density at radius 3 is 2.22 bits per heavy atom. The fraction of sp³-hybridized carbons (Fsp3) is 0.308. The zero-order valence-electron chi connectivity index (χ0n) is 11.8. The van der Waals surface area contributed by atoms with Crippen LogP contribution in [0.2, 0.25) is 0 Å². The van der Waals surface area contributed by atoms with E-state index in [1.54, 1.807) is 0 Å². The van der Waals surface area contributed by atoms with E-state index in [9.17, 15) is 27.6 Å². The third kappa shape index (κ3) is 5.58. The molecule has 0 aromatic heterocycles. The van der Waals surface area contributed by atoms with Crippen LogP contribution in [0.5, 0.6) is 5.75 Å². The first-order chi connectivity index (χ1) is 10.7. The van der Waals surface area contributed by atoms with Crippen molar-refractivity contribution in [2.75, 3.05) is 13.7 Å². The standard InChI is InChI=1S/C13H13F3N2O5/c1-17-12(22)10(9(20)6-19)18-11(21)7-2-4-8(5-3-7)23-13(14,15)16/h2-5,10,19H,6H2,1H3,(H,17,22)(H,18,21). The topological polar surface area (TPSA) is 105 Å². The van der Waals surface area contributed by atoms with Crippen LogP contribution in [-0.2, 0) is 9.59 Å². The van der Waals surface area contributed by atoms with Crippen molar-refractivity contribution in [2.45, 2.75) is 12.4 Å². The fourth-order valence-electron chi connectivity index (χ4n) is 1.55. The zero-order chi connectivity index (χ0) is 17.6. The van der Waals surface area contributed by atoms with Crippen molar-refractivity contribution in [3.8, 4) is 5.75 Å². The van der Waals surface area contributed by atoms with Crippen molar-refractivity contribution in [3.63, 3.8) is 0 Å². The minimum Gasteiger partial charge on any atom is -0.406 e. The lowest BCUT2D eigenvalue weighted by Crippen LogP contribution is -2.51. The number of likely N-dealkylation sites (N-methyl/N-ethyl adjacent to an activating group) is 1. The number of amides is 2. The van der Waals surface area contributed by atoms with Crippen LogP contribution in [0.3, 0.4) is 0 Å². The maximum absolute atomic E-state index is 12.0. The number of ether oxygens (including phenoxy) is 1. The van der Waals surface area contributed by atoms with Gasteiger partial charge in [0, 0.05) is 12.6 Å². The summed E-state index contributed by atoms with van der Waals surface area (Å²) in [6.07, 6.45) is -4.86. The molecule has 0 saturated carbocycles. The van der Waals surface area contributed by atoms with E-state index >= 15 is 0 Å². The van der Waals surface area contributed by atoms with Gasteiger partial charge in [-0.3, -0.25) is 14.4 Å². The summed E-state index contributed by atoms with van der Waals surface area (Å²) in [6.45, 7) is -0.962. The lowest BCUT2D eigenvalue weighted by Gasteiger charge is -2.15. The Bertz CT molecular complexity index is 570. The van der Waals surface area contributed by atoms with Gasteiger partial charge in [0.05, 0.1) is 0 Å². The van der Waals surface area contributed by atoms with Crippen LogP contribution < -0.4 is 15.4 Å². The summed E-state index contributed by atoms with van der Waals surface area (Å²) < 4.78 is 39.7. The molecule has 3 N–H and O–H groups in total. The molecule has 2 amide bonds. The van der Waals surface area contributed by atoms with Crippen molar-refractivity contribution in [3.05, 3.63) is 29.8 Å². The summed E-state index contributed by atoms with van der Waals surface area (Å²) in [5.74, 6) is -3.17. The Morgan fingerprint density at radius 1 is 1.22 bits per heavy atom. The van der Waals surface area contributed by atoms with Crippen LogP contribution in [0.4, 0.5) is 13.2 Å². The predicted octanol–water partition coefficient (Wildman–Crippen LogP) is -0.00900. The van der Waals surface area contributed by atoms with E-state index in [-0.39, 0.29) is 5.56 Å². The second kappa shape index (κ2) is 7.58. The largest absolute Gasteiger partial charge is 0.573 e. The summed E-state index contributed by atoms with van der Waals surface area (Å²) >= 11 is 0. The lowest BCUT2D eigenvalue weighted by molar-refractivity contribution is -0.274. The van der Waals surface area contributed by atoms with Gasteiger partial charge in [0.15, 0.2) is 11.8 Å². The molecule has 7 nitrogen and oxygen atoms in total. The third-order valence-corrected chi connectivity index (χ3v) is 2.61. The van der Waals surface area contributed by atoms with E-state index in [4.69, 9.17) is 5.11 Å². The normalized spacial score (nSPS) is 12.2. The molecule has 0 aliphatic carbocycles. The maximum atomic E-state index is 12.0. The van der Waals surface area contributed by atoms with Gasteiger partial charge in [0.25, 0.3) is 5.91 Å². The lowest BCUT2D eigenvalue weighted by atomic mass is 10.1. The first-order valence-electron chi connectivity index (χ1n) is 6.19. The number of Topliss-reactive ketones (excluding diaryl/α,β-unsaturated/α-hetero) is 1. The number of alkyl halides is 3. The van der Waals surface area contributed by atoms with Crippen LogP contribution in [0.15, 0.2) is 24.3 Å². The van der Waals surface area contributed by atoms with Gasteiger partial charge in [-0.1, -0.05) is 0 Å². The molecule has 0 saturated heterocycles. The smallest absolute Gasteiger partial charge is 0.406 e. The highest BCUT2D eigenvalue weighted by molar-refractivity contribution is 6.10. The molecule has 0 aliphatic rings. The van der Waals surface area contributed by atoms with Gasteiger partial charge in [0.2, 0.25) is 5.91 Å². The minimum atomic E-state index is -4.86. The number of ketones is 1. The Labute approximate surface area is 128 Å². The highest BCUT2D eigenvalue weighted by Gasteiger charge is 2.31. The highest BCUT2D eigenvalue weighted by atomic mass is 19.4. The molecular weight excluding hydrogens is 321 g/mol. The molecule has 0 fully saturated rings. The number of carbonyl (C=O) groups is 3. The van der Waals surface area contributed by atoms with E-state index in [0.29, 0.717) is 0 Å². The second-order valence-corrected chi connectivity index (χ2v) is 4.22. The quantitative estimate of drug-likeness (QED) is 0.635. The summed E-state index contributed by atoms with van der Waals surface area (Å²) in [5, 5.41) is 13.0. The average Bonchev–Trinajstić information content (AvgIpc) is 2.50. The molecule has 10 heteroatoms. The third-order valence-electron chi connectivity index (χ3n) is 2.61.